The summed E-state index contributed by atoms with van der Waals surface area (Å²) in [5, 5.41) is 1.58. The number of methoxy groups -OCH3 is 1. The van der Waals surface area contributed by atoms with Crippen LogP contribution >= 0.6 is 11.3 Å². The Morgan fingerprint density at radius 2 is 2.11 bits per heavy atom. The third-order valence-corrected chi connectivity index (χ3v) is 5.02. The summed E-state index contributed by atoms with van der Waals surface area (Å²) in [4.78, 5) is 0. The van der Waals surface area contributed by atoms with Gasteiger partial charge in [-0.05, 0) is 18.2 Å². The third kappa shape index (κ3) is 2.74. The van der Waals surface area contributed by atoms with Crippen molar-refractivity contribution in [2.45, 2.75) is 4.21 Å². The molecule has 7 heteroatoms. The highest BCUT2D eigenvalue weighted by atomic mass is 32.2. The number of rotatable bonds is 4. The quantitative estimate of drug-likeness (QED) is 0.901. The van der Waals surface area contributed by atoms with Crippen LogP contribution in [0, 0.1) is 0 Å². The predicted octanol–water partition coefficient (Wildman–Crippen LogP) is 2.14. The molecule has 96 valence electrons. The number of sulfonamides is 1. The molecule has 0 atom stereocenters. The van der Waals surface area contributed by atoms with E-state index < -0.39 is 10.0 Å². The summed E-state index contributed by atoms with van der Waals surface area (Å²) < 4.78 is 31.7. The summed E-state index contributed by atoms with van der Waals surface area (Å²) in [5.41, 5.74) is 6.39. The number of hydrogen-bond donors (Lipinski definition) is 2. The van der Waals surface area contributed by atoms with E-state index >= 15 is 0 Å². The van der Waals surface area contributed by atoms with Crippen LogP contribution in [0.4, 0.5) is 11.4 Å². The van der Waals surface area contributed by atoms with E-state index in [1.165, 1.54) is 13.2 Å². The van der Waals surface area contributed by atoms with Gasteiger partial charge in [0.15, 0.2) is 0 Å². The smallest absolute Gasteiger partial charge is 0.271 e. The maximum absolute atomic E-state index is 12.0. The maximum Gasteiger partial charge on any atom is 0.271 e. The molecule has 1 aromatic carbocycles. The Morgan fingerprint density at radius 3 is 2.72 bits per heavy atom. The summed E-state index contributed by atoms with van der Waals surface area (Å²) in [6, 6.07) is 8.12. The number of benzene rings is 1. The van der Waals surface area contributed by atoms with Gasteiger partial charge < -0.3 is 10.5 Å². The first-order valence-corrected chi connectivity index (χ1v) is 7.38. The third-order valence-electron chi connectivity index (χ3n) is 2.18. The summed E-state index contributed by atoms with van der Waals surface area (Å²) in [5.74, 6) is 0.584. The van der Waals surface area contributed by atoms with Crippen molar-refractivity contribution in [1.82, 2.24) is 0 Å². The van der Waals surface area contributed by atoms with E-state index in [9.17, 15) is 8.42 Å². The Balaban J connectivity index is 2.27. The highest BCUT2D eigenvalue weighted by molar-refractivity contribution is 7.94. The summed E-state index contributed by atoms with van der Waals surface area (Å²) in [6.45, 7) is 0. The molecule has 0 aliphatic heterocycles. The molecule has 1 heterocycles. The first-order valence-electron chi connectivity index (χ1n) is 5.02. The molecule has 0 fully saturated rings. The number of anilines is 2. The zero-order valence-corrected chi connectivity index (χ0v) is 11.2. The summed E-state index contributed by atoms with van der Waals surface area (Å²) >= 11 is 1.08. The van der Waals surface area contributed by atoms with Gasteiger partial charge in [0.25, 0.3) is 10.0 Å². The van der Waals surface area contributed by atoms with Crippen molar-refractivity contribution in [2.75, 3.05) is 17.6 Å². The van der Waals surface area contributed by atoms with Gasteiger partial charge >= 0.3 is 0 Å². The average molecular weight is 284 g/mol. The molecule has 0 amide bonds. The van der Waals surface area contributed by atoms with Gasteiger partial charge in [-0.2, -0.15) is 0 Å². The van der Waals surface area contributed by atoms with Gasteiger partial charge in [-0.25, -0.2) is 8.42 Å². The van der Waals surface area contributed by atoms with Gasteiger partial charge in [0.1, 0.15) is 9.96 Å². The molecule has 2 rings (SSSR count). The molecule has 3 N–H and O–H groups in total. The molecule has 18 heavy (non-hydrogen) atoms. The van der Waals surface area contributed by atoms with Crippen LogP contribution < -0.4 is 15.2 Å². The van der Waals surface area contributed by atoms with Crippen LogP contribution in [0.15, 0.2) is 39.9 Å². The minimum Gasteiger partial charge on any atom is -0.497 e. The second kappa shape index (κ2) is 4.87. The lowest BCUT2D eigenvalue weighted by Gasteiger charge is -2.07. The van der Waals surface area contributed by atoms with Crippen molar-refractivity contribution < 1.29 is 13.2 Å². The van der Waals surface area contributed by atoms with E-state index in [-0.39, 0.29) is 4.21 Å². The molecule has 0 radical (unpaired) electrons. The number of ether oxygens (including phenoxy) is 1. The van der Waals surface area contributed by atoms with E-state index in [1.807, 2.05) is 0 Å². The average Bonchev–Trinajstić information content (AvgIpc) is 2.76. The Labute approximate surface area is 109 Å². The van der Waals surface area contributed by atoms with Crippen LogP contribution in [0.1, 0.15) is 0 Å². The predicted molar refractivity (Wildman–Crippen MR) is 72.5 cm³/mol. The number of thiophene rings is 1. The molecular formula is C11H12N2O3S2. The topological polar surface area (TPSA) is 81.4 Å². The second-order valence-corrected chi connectivity index (χ2v) is 6.36. The minimum atomic E-state index is -3.58. The molecule has 0 saturated carbocycles. The fraction of sp³-hybridized carbons (Fsp3) is 0.0909. The highest BCUT2D eigenvalue weighted by Gasteiger charge is 2.16. The normalized spacial score (nSPS) is 11.2. The molecule has 0 aliphatic rings. The second-order valence-electron chi connectivity index (χ2n) is 3.54. The molecule has 1 aromatic heterocycles. The van der Waals surface area contributed by atoms with Crippen LogP contribution in [0.5, 0.6) is 5.75 Å². The van der Waals surface area contributed by atoms with Gasteiger partial charge in [0.2, 0.25) is 0 Å². The van der Waals surface area contributed by atoms with Crippen molar-refractivity contribution in [3.8, 4) is 5.75 Å². The van der Waals surface area contributed by atoms with Crippen LogP contribution in [-0.2, 0) is 10.0 Å². The SMILES string of the molecule is COc1cccc(NS(=O)(=O)c2cc(N)cs2)c1. The number of hydrogen-bond acceptors (Lipinski definition) is 5. The van der Waals surface area contributed by atoms with E-state index in [0.29, 0.717) is 17.1 Å². The Kier molecular flexibility index (Phi) is 3.44. The van der Waals surface area contributed by atoms with E-state index in [2.05, 4.69) is 4.72 Å². The zero-order valence-electron chi connectivity index (χ0n) is 9.58. The standard InChI is InChI=1S/C11H12N2O3S2/c1-16-10-4-2-3-9(6-10)13-18(14,15)11-5-8(12)7-17-11/h2-7,13H,12H2,1H3. The molecule has 0 aliphatic carbocycles. The van der Waals surface area contributed by atoms with Crippen LogP contribution in [0.25, 0.3) is 0 Å². The van der Waals surface area contributed by atoms with Gasteiger partial charge in [0, 0.05) is 17.1 Å². The largest absolute Gasteiger partial charge is 0.497 e. The highest BCUT2D eigenvalue weighted by Crippen LogP contribution is 2.25. The van der Waals surface area contributed by atoms with Gasteiger partial charge in [-0.1, -0.05) is 6.07 Å². The zero-order chi connectivity index (χ0) is 13.2. The monoisotopic (exact) mass is 284 g/mol. The molecule has 2 aromatic rings. The van der Waals surface area contributed by atoms with Crippen LogP contribution in [0.2, 0.25) is 0 Å². The molecule has 0 spiro atoms. The first kappa shape index (κ1) is 12.7. The first-order chi connectivity index (χ1) is 8.51. The summed E-state index contributed by atoms with van der Waals surface area (Å²) in [7, 11) is -2.06. The Bertz CT molecular complexity index is 650. The number of nitrogen functional groups attached to an aromatic ring is 1. The van der Waals surface area contributed by atoms with Crippen molar-refractivity contribution in [3.63, 3.8) is 0 Å². The van der Waals surface area contributed by atoms with Gasteiger partial charge in [-0.15, -0.1) is 11.3 Å². The molecule has 0 unspecified atom stereocenters. The molecule has 5 nitrogen and oxygen atoms in total. The Hall–Kier alpha value is -1.73. The van der Waals surface area contributed by atoms with Crippen molar-refractivity contribution >= 4 is 32.7 Å². The van der Waals surface area contributed by atoms with E-state index in [4.69, 9.17) is 10.5 Å². The lowest BCUT2D eigenvalue weighted by atomic mass is 10.3. The summed E-state index contributed by atoms with van der Waals surface area (Å²) in [6.07, 6.45) is 0. The Morgan fingerprint density at radius 1 is 1.33 bits per heavy atom. The van der Waals surface area contributed by atoms with Crippen LogP contribution in [-0.4, -0.2) is 15.5 Å². The minimum absolute atomic E-state index is 0.183. The van der Waals surface area contributed by atoms with Crippen LogP contribution in [0.3, 0.4) is 0 Å². The molecule has 0 saturated heterocycles. The van der Waals surface area contributed by atoms with Gasteiger partial charge in [0.05, 0.1) is 12.8 Å². The number of nitrogens with two attached hydrogens (primary N) is 1. The fourth-order valence-corrected chi connectivity index (χ4v) is 3.49. The molecular weight excluding hydrogens is 272 g/mol. The van der Waals surface area contributed by atoms with Crippen molar-refractivity contribution in [1.29, 1.82) is 0 Å². The van der Waals surface area contributed by atoms with Crippen molar-refractivity contribution in [3.05, 3.63) is 35.7 Å². The van der Waals surface area contributed by atoms with Gasteiger partial charge in [-0.3, -0.25) is 4.72 Å². The van der Waals surface area contributed by atoms with E-state index in [1.54, 1.807) is 29.6 Å². The maximum atomic E-state index is 12.0. The fourth-order valence-electron chi connectivity index (χ4n) is 1.36. The lowest BCUT2D eigenvalue weighted by Crippen LogP contribution is -2.11. The van der Waals surface area contributed by atoms with Crippen molar-refractivity contribution in [2.24, 2.45) is 0 Å². The number of nitrogens with one attached hydrogen (secondary N) is 1. The lowest BCUT2D eigenvalue weighted by molar-refractivity contribution is 0.415. The van der Waals surface area contributed by atoms with E-state index in [0.717, 1.165) is 11.3 Å². The molecule has 0 bridgehead atoms.